The van der Waals surface area contributed by atoms with Gasteiger partial charge in [0.2, 0.25) is 0 Å². The average molecular weight is 239 g/mol. The third kappa shape index (κ3) is 6.03. The lowest BCUT2D eigenvalue weighted by Gasteiger charge is -2.17. The Balaban J connectivity index is 2.14. The van der Waals surface area contributed by atoms with Crippen LogP contribution in [0, 0.1) is 6.92 Å². The molecule has 0 heterocycles. The number of benzene rings is 1. The summed E-state index contributed by atoms with van der Waals surface area (Å²) in [4.78, 5) is 0. The highest BCUT2D eigenvalue weighted by molar-refractivity contribution is 7.81. The molecular weight excluding hydrogens is 218 g/mol. The summed E-state index contributed by atoms with van der Waals surface area (Å²) in [5.41, 5.74) is 1.25. The molecule has 1 aromatic carbocycles. The zero-order chi connectivity index (χ0) is 12.0. The molecule has 3 heteroatoms. The van der Waals surface area contributed by atoms with Crippen molar-refractivity contribution in [1.82, 2.24) is 5.32 Å². The van der Waals surface area contributed by atoms with Crippen molar-refractivity contribution >= 4 is 12.6 Å². The van der Waals surface area contributed by atoms with Crippen molar-refractivity contribution < 1.29 is 4.74 Å². The number of hydrogen-bond donors (Lipinski definition) is 2. The summed E-state index contributed by atoms with van der Waals surface area (Å²) in [5.74, 6) is 0.928. The molecule has 2 nitrogen and oxygen atoms in total. The van der Waals surface area contributed by atoms with Crippen LogP contribution in [0.2, 0.25) is 0 Å². The molecule has 0 atom stereocenters. The Morgan fingerprint density at radius 1 is 1.25 bits per heavy atom. The predicted octanol–water partition coefficient (Wildman–Crippen LogP) is 2.67. The maximum absolute atomic E-state index is 5.59. The smallest absolute Gasteiger partial charge is 0.119 e. The summed E-state index contributed by atoms with van der Waals surface area (Å²) < 4.78 is 5.62. The number of rotatable bonds is 6. The van der Waals surface area contributed by atoms with Gasteiger partial charge in [0.15, 0.2) is 0 Å². The van der Waals surface area contributed by atoms with Gasteiger partial charge in [-0.15, -0.1) is 0 Å². The van der Waals surface area contributed by atoms with E-state index < -0.39 is 0 Å². The Bertz CT molecular complexity index is 303. The molecule has 0 radical (unpaired) electrons. The maximum atomic E-state index is 5.59. The van der Waals surface area contributed by atoms with Gasteiger partial charge in [-0.1, -0.05) is 17.7 Å². The molecule has 0 unspecified atom stereocenters. The van der Waals surface area contributed by atoms with Crippen LogP contribution in [0.5, 0.6) is 5.75 Å². The number of aryl methyl sites for hydroxylation is 1. The molecule has 0 aliphatic heterocycles. The molecule has 0 fully saturated rings. The average Bonchev–Trinajstić information content (AvgIpc) is 2.19. The fraction of sp³-hybridized carbons (Fsp3) is 0.538. The third-order valence-corrected chi connectivity index (χ3v) is 2.28. The lowest BCUT2D eigenvalue weighted by Crippen LogP contribution is -2.32. The quantitative estimate of drug-likeness (QED) is 0.588. The zero-order valence-electron chi connectivity index (χ0n) is 10.3. The molecule has 90 valence electrons. The Morgan fingerprint density at radius 3 is 2.44 bits per heavy atom. The van der Waals surface area contributed by atoms with Gasteiger partial charge in [0.25, 0.3) is 0 Å². The highest BCUT2D eigenvalue weighted by Gasteiger charge is 2.09. The van der Waals surface area contributed by atoms with Crippen LogP contribution in [-0.4, -0.2) is 24.4 Å². The summed E-state index contributed by atoms with van der Waals surface area (Å²) in [6, 6.07) is 8.11. The van der Waals surface area contributed by atoms with Crippen molar-refractivity contribution in [2.24, 2.45) is 0 Å². The Labute approximate surface area is 104 Å². The minimum Gasteiger partial charge on any atom is -0.492 e. The van der Waals surface area contributed by atoms with E-state index in [2.05, 4.69) is 50.8 Å². The topological polar surface area (TPSA) is 21.3 Å². The Morgan fingerprint density at radius 2 is 1.88 bits per heavy atom. The summed E-state index contributed by atoms with van der Waals surface area (Å²) in [6.45, 7) is 8.66. The van der Waals surface area contributed by atoms with Crippen LogP contribution in [0.25, 0.3) is 0 Å². The highest BCUT2D eigenvalue weighted by Crippen LogP contribution is 2.11. The molecule has 0 saturated heterocycles. The van der Waals surface area contributed by atoms with E-state index in [1.54, 1.807) is 0 Å². The minimum absolute atomic E-state index is 0.0316. The van der Waals surface area contributed by atoms with E-state index in [-0.39, 0.29) is 4.75 Å². The van der Waals surface area contributed by atoms with Crippen LogP contribution in [0.15, 0.2) is 24.3 Å². The summed E-state index contributed by atoms with van der Waals surface area (Å²) in [6.07, 6.45) is 0. The molecule has 1 rings (SSSR count). The van der Waals surface area contributed by atoms with Crippen LogP contribution in [0.4, 0.5) is 0 Å². The predicted molar refractivity (Wildman–Crippen MR) is 72.6 cm³/mol. The molecule has 16 heavy (non-hydrogen) atoms. The van der Waals surface area contributed by atoms with Crippen molar-refractivity contribution in [3.8, 4) is 5.75 Å². The van der Waals surface area contributed by atoms with E-state index in [0.717, 1.165) is 18.8 Å². The van der Waals surface area contributed by atoms with E-state index >= 15 is 0 Å². The van der Waals surface area contributed by atoms with Gasteiger partial charge in [0.05, 0.1) is 0 Å². The molecule has 0 aromatic heterocycles. The first kappa shape index (κ1) is 13.4. The number of hydrogen-bond acceptors (Lipinski definition) is 3. The van der Waals surface area contributed by atoms with E-state index in [9.17, 15) is 0 Å². The molecule has 1 N–H and O–H groups in total. The second-order valence-corrected chi connectivity index (χ2v) is 5.86. The largest absolute Gasteiger partial charge is 0.492 e. The summed E-state index contributed by atoms with van der Waals surface area (Å²) in [7, 11) is 0. The first-order valence-corrected chi connectivity index (χ1v) is 6.05. The normalized spacial score (nSPS) is 11.5. The number of ether oxygens (including phenoxy) is 1. The van der Waals surface area contributed by atoms with Crippen molar-refractivity contribution in [3.63, 3.8) is 0 Å². The molecule has 0 aliphatic carbocycles. The van der Waals surface area contributed by atoms with Crippen LogP contribution < -0.4 is 10.1 Å². The van der Waals surface area contributed by atoms with E-state index in [4.69, 9.17) is 4.74 Å². The Kier molecular flexibility index (Phi) is 5.16. The summed E-state index contributed by atoms with van der Waals surface area (Å²) in [5, 5.41) is 3.31. The van der Waals surface area contributed by atoms with E-state index in [0.29, 0.717) is 6.61 Å². The van der Waals surface area contributed by atoms with Crippen molar-refractivity contribution in [2.75, 3.05) is 19.7 Å². The van der Waals surface area contributed by atoms with Gasteiger partial charge in [-0.3, -0.25) is 0 Å². The Hall–Kier alpha value is -0.670. The zero-order valence-corrected chi connectivity index (χ0v) is 11.2. The number of nitrogens with one attached hydrogen (secondary N) is 1. The molecule has 1 aromatic rings. The van der Waals surface area contributed by atoms with Crippen LogP contribution >= 0.6 is 12.6 Å². The second-order valence-electron chi connectivity index (χ2n) is 4.65. The molecule has 0 aliphatic rings. The molecule has 0 saturated carbocycles. The van der Waals surface area contributed by atoms with Crippen molar-refractivity contribution in [3.05, 3.63) is 29.8 Å². The lowest BCUT2D eigenvalue weighted by atomic mass is 10.2. The van der Waals surface area contributed by atoms with Gasteiger partial charge in [0, 0.05) is 17.8 Å². The second kappa shape index (κ2) is 6.16. The number of thiol groups is 1. The van der Waals surface area contributed by atoms with Crippen LogP contribution in [0.3, 0.4) is 0 Å². The molecule has 0 spiro atoms. The first-order chi connectivity index (χ1) is 7.47. The van der Waals surface area contributed by atoms with Crippen LogP contribution in [0.1, 0.15) is 19.4 Å². The van der Waals surface area contributed by atoms with E-state index in [1.165, 1.54) is 5.56 Å². The molecule has 0 bridgehead atoms. The molecule has 0 amide bonds. The van der Waals surface area contributed by atoms with Gasteiger partial charge in [-0.25, -0.2) is 0 Å². The fourth-order valence-electron chi connectivity index (χ4n) is 1.27. The van der Waals surface area contributed by atoms with Gasteiger partial charge < -0.3 is 10.1 Å². The SMILES string of the molecule is Cc1ccc(OCCNCC(C)(C)S)cc1. The maximum Gasteiger partial charge on any atom is 0.119 e. The van der Waals surface area contributed by atoms with Crippen LogP contribution in [-0.2, 0) is 0 Å². The van der Waals surface area contributed by atoms with Gasteiger partial charge in [-0.2, -0.15) is 12.6 Å². The van der Waals surface area contributed by atoms with Gasteiger partial charge in [0.1, 0.15) is 12.4 Å². The lowest BCUT2D eigenvalue weighted by molar-refractivity contribution is 0.312. The monoisotopic (exact) mass is 239 g/mol. The highest BCUT2D eigenvalue weighted by atomic mass is 32.1. The van der Waals surface area contributed by atoms with Gasteiger partial charge in [-0.05, 0) is 32.9 Å². The van der Waals surface area contributed by atoms with E-state index in [1.807, 2.05) is 12.1 Å². The fourth-order valence-corrected chi connectivity index (χ4v) is 1.38. The summed E-state index contributed by atoms with van der Waals surface area (Å²) >= 11 is 4.43. The van der Waals surface area contributed by atoms with Crippen molar-refractivity contribution in [2.45, 2.75) is 25.5 Å². The minimum atomic E-state index is 0.0316. The van der Waals surface area contributed by atoms with Gasteiger partial charge >= 0.3 is 0 Å². The first-order valence-electron chi connectivity index (χ1n) is 5.60. The molecular formula is C13H21NOS. The van der Waals surface area contributed by atoms with Crippen molar-refractivity contribution in [1.29, 1.82) is 0 Å². The third-order valence-electron chi connectivity index (χ3n) is 2.13. The standard InChI is InChI=1S/C13H21NOS/c1-11-4-6-12(7-5-11)15-9-8-14-10-13(2,3)16/h4-7,14,16H,8-10H2,1-3H3.